The fourth-order valence-corrected chi connectivity index (χ4v) is 1.84. The molecule has 1 aliphatic heterocycles. The van der Waals surface area contributed by atoms with Crippen molar-refractivity contribution in [3.05, 3.63) is 0 Å². The van der Waals surface area contributed by atoms with Gasteiger partial charge in [-0.25, -0.2) is 4.79 Å². The van der Waals surface area contributed by atoms with E-state index in [1.165, 1.54) is 0 Å². The molecule has 1 atom stereocenters. The standard InChI is InChI=1S/C7H8FNO7S/c8-2-1-6(11)16-9-5(10)3-4(7(9)12)17(13,14)15/h4H,1-3H2,(H,13,14,15). The van der Waals surface area contributed by atoms with Gasteiger partial charge in [0.2, 0.25) is 0 Å². The van der Waals surface area contributed by atoms with Crippen molar-refractivity contribution < 1.29 is 36.6 Å². The molecule has 0 spiro atoms. The zero-order valence-electron chi connectivity index (χ0n) is 8.33. The second kappa shape index (κ2) is 4.75. The molecule has 2 amide bonds. The highest BCUT2D eigenvalue weighted by molar-refractivity contribution is 7.87. The first-order valence-corrected chi connectivity index (χ1v) is 5.87. The molecule has 1 unspecified atom stereocenters. The molecule has 0 aromatic rings. The molecule has 96 valence electrons. The summed E-state index contributed by atoms with van der Waals surface area (Å²) in [4.78, 5) is 37.4. The lowest BCUT2D eigenvalue weighted by Crippen LogP contribution is -2.36. The van der Waals surface area contributed by atoms with Crippen LogP contribution < -0.4 is 0 Å². The maximum Gasteiger partial charge on any atom is 0.335 e. The summed E-state index contributed by atoms with van der Waals surface area (Å²) in [6.45, 7) is -1.04. The van der Waals surface area contributed by atoms with E-state index in [9.17, 15) is 27.2 Å². The van der Waals surface area contributed by atoms with E-state index in [4.69, 9.17) is 4.55 Å². The molecule has 0 radical (unpaired) electrons. The molecule has 1 rings (SSSR count). The summed E-state index contributed by atoms with van der Waals surface area (Å²) in [6, 6.07) is 0. The molecule has 0 aromatic heterocycles. The van der Waals surface area contributed by atoms with Crippen LogP contribution in [0.25, 0.3) is 0 Å². The number of amides is 2. The highest BCUT2D eigenvalue weighted by Crippen LogP contribution is 2.19. The third-order valence-electron chi connectivity index (χ3n) is 1.91. The number of hydroxylamine groups is 2. The highest BCUT2D eigenvalue weighted by atomic mass is 32.2. The summed E-state index contributed by atoms with van der Waals surface area (Å²) >= 11 is 0. The Bertz CT molecular complexity index is 459. The molecule has 0 bridgehead atoms. The van der Waals surface area contributed by atoms with E-state index in [2.05, 4.69) is 4.84 Å². The van der Waals surface area contributed by atoms with Crippen molar-refractivity contribution in [3.63, 3.8) is 0 Å². The Morgan fingerprint density at radius 2 is 2.12 bits per heavy atom. The van der Waals surface area contributed by atoms with Crippen molar-refractivity contribution in [1.29, 1.82) is 0 Å². The van der Waals surface area contributed by atoms with Crippen LogP contribution >= 0.6 is 0 Å². The molecule has 17 heavy (non-hydrogen) atoms. The molecule has 1 fully saturated rings. The highest BCUT2D eigenvalue weighted by Gasteiger charge is 2.48. The Kier molecular flexibility index (Phi) is 3.78. The lowest BCUT2D eigenvalue weighted by molar-refractivity contribution is -0.197. The zero-order chi connectivity index (χ0) is 13.2. The number of nitrogens with zero attached hydrogens (tertiary/aromatic N) is 1. The average molecular weight is 269 g/mol. The van der Waals surface area contributed by atoms with Crippen molar-refractivity contribution >= 4 is 27.9 Å². The summed E-state index contributed by atoms with van der Waals surface area (Å²) in [5.41, 5.74) is 0. The van der Waals surface area contributed by atoms with Gasteiger partial charge in [0.25, 0.3) is 21.9 Å². The topological polar surface area (TPSA) is 118 Å². The van der Waals surface area contributed by atoms with Gasteiger partial charge in [0, 0.05) is 0 Å². The Morgan fingerprint density at radius 3 is 2.53 bits per heavy atom. The van der Waals surface area contributed by atoms with Gasteiger partial charge in [-0.3, -0.25) is 18.5 Å². The molecular weight excluding hydrogens is 261 g/mol. The van der Waals surface area contributed by atoms with Crippen molar-refractivity contribution in [2.24, 2.45) is 0 Å². The van der Waals surface area contributed by atoms with Crippen molar-refractivity contribution in [2.75, 3.05) is 6.67 Å². The fraction of sp³-hybridized carbons (Fsp3) is 0.571. The molecule has 1 N–H and O–H groups in total. The largest absolute Gasteiger partial charge is 0.335 e. The summed E-state index contributed by atoms with van der Waals surface area (Å²) in [5, 5.41) is -2.05. The lowest BCUT2D eigenvalue weighted by atomic mass is 10.4. The monoisotopic (exact) mass is 269 g/mol. The smallest absolute Gasteiger partial charge is 0.330 e. The molecule has 10 heteroatoms. The van der Waals surface area contributed by atoms with E-state index in [1.807, 2.05) is 0 Å². The van der Waals surface area contributed by atoms with Crippen LogP contribution in [0.2, 0.25) is 0 Å². The average Bonchev–Trinajstić information content (AvgIpc) is 2.45. The summed E-state index contributed by atoms with van der Waals surface area (Å²) in [7, 11) is -4.74. The maximum atomic E-state index is 11.8. The molecule has 0 aromatic carbocycles. The van der Waals surface area contributed by atoms with E-state index in [-0.39, 0.29) is 5.06 Å². The first-order chi connectivity index (χ1) is 7.77. The molecule has 1 heterocycles. The predicted molar refractivity (Wildman–Crippen MR) is 48.5 cm³/mol. The number of rotatable bonds is 4. The molecule has 1 aliphatic rings. The van der Waals surface area contributed by atoms with Gasteiger partial charge >= 0.3 is 5.97 Å². The molecular formula is C7H8FNO7S. The molecule has 8 nitrogen and oxygen atoms in total. The number of imide groups is 1. The van der Waals surface area contributed by atoms with Crippen LogP contribution in [-0.4, -0.2) is 47.7 Å². The first kappa shape index (κ1) is 13.5. The second-order valence-electron chi connectivity index (χ2n) is 3.14. The quantitative estimate of drug-likeness (QED) is 0.504. The van der Waals surface area contributed by atoms with Gasteiger partial charge in [0.15, 0.2) is 5.25 Å². The van der Waals surface area contributed by atoms with Crippen molar-refractivity contribution in [2.45, 2.75) is 18.1 Å². The maximum absolute atomic E-state index is 11.8. The Morgan fingerprint density at radius 1 is 1.53 bits per heavy atom. The Hall–Kier alpha value is -1.55. The van der Waals surface area contributed by atoms with Crippen LogP contribution in [0.3, 0.4) is 0 Å². The van der Waals surface area contributed by atoms with Crippen LogP contribution in [0.5, 0.6) is 0 Å². The van der Waals surface area contributed by atoms with Gasteiger partial charge in [-0.15, -0.1) is 5.06 Å². The minimum absolute atomic E-state index is 0.0730. The van der Waals surface area contributed by atoms with Crippen LogP contribution in [-0.2, 0) is 29.3 Å². The van der Waals surface area contributed by atoms with Crippen LogP contribution in [0, 0.1) is 0 Å². The van der Waals surface area contributed by atoms with Crippen LogP contribution in [0.1, 0.15) is 12.8 Å². The minimum atomic E-state index is -4.74. The van der Waals surface area contributed by atoms with Gasteiger partial charge < -0.3 is 4.84 Å². The number of carbonyl (C=O) groups is 3. The number of hydrogen-bond acceptors (Lipinski definition) is 6. The number of hydrogen-bond donors (Lipinski definition) is 1. The van der Waals surface area contributed by atoms with Gasteiger partial charge in [-0.1, -0.05) is 0 Å². The van der Waals surface area contributed by atoms with Gasteiger partial charge in [0.1, 0.15) is 0 Å². The van der Waals surface area contributed by atoms with E-state index in [0.717, 1.165) is 0 Å². The summed E-state index contributed by atoms with van der Waals surface area (Å²) in [5.74, 6) is -3.65. The van der Waals surface area contributed by atoms with E-state index in [1.54, 1.807) is 0 Å². The van der Waals surface area contributed by atoms with Crippen LogP contribution in [0.15, 0.2) is 0 Å². The number of alkyl halides is 1. The minimum Gasteiger partial charge on any atom is -0.330 e. The van der Waals surface area contributed by atoms with E-state index >= 15 is 0 Å². The number of carbonyl (C=O) groups excluding carboxylic acids is 3. The van der Waals surface area contributed by atoms with Gasteiger partial charge in [-0.05, 0) is 0 Å². The SMILES string of the molecule is O=C(CCF)ON1C(=O)CC(S(=O)(=O)O)C1=O. The van der Waals surface area contributed by atoms with Crippen molar-refractivity contribution in [1.82, 2.24) is 5.06 Å². The Labute approximate surface area is 95.0 Å². The second-order valence-corrected chi connectivity index (χ2v) is 4.74. The normalized spacial score (nSPS) is 20.8. The van der Waals surface area contributed by atoms with E-state index in [0.29, 0.717) is 0 Å². The molecule has 1 saturated heterocycles. The Balaban J connectivity index is 2.80. The third kappa shape index (κ3) is 2.97. The third-order valence-corrected chi connectivity index (χ3v) is 3.00. The lowest BCUT2D eigenvalue weighted by Gasteiger charge is -2.12. The summed E-state index contributed by atoms with van der Waals surface area (Å²) in [6.07, 6.45) is -1.49. The molecule has 0 saturated carbocycles. The first-order valence-electron chi connectivity index (χ1n) is 4.37. The summed E-state index contributed by atoms with van der Waals surface area (Å²) < 4.78 is 41.8. The van der Waals surface area contributed by atoms with Crippen LogP contribution in [0.4, 0.5) is 4.39 Å². The van der Waals surface area contributed by atoms with Gasteiger partial charge in [0.05, 0.1) is 19.5 Å². The number of halogens is 1. The van der Waals surface area contributed by atoms with Crippen molar-refractivity contribution in [3.8, 4) is 0 Å². The zero-order valence-corrected chi connectivity index (χ0v) is 9.15. The predicted octanol–water partition coefficient (Wildman–Crippen LogP) is -1.18. The van der Waals surface area contributed by atoms with E-state index < -0.39 is 52.7 Å². The fourth-order valence-electron chi connectivity index (χ4n) is 1.14. The van der Waals surface area contributed by atoms with Gasteiger partial charge in [-0.2, -0.15) is 8.42 Å². The molecule has 0 aliphatic carbocycles.